The predicted octanol–water partition coefficient (Wildman–Crippen LogP) is 3.88. The molecule has 0 aromatic heterocycles. The molecule has 0 amide bonds. The van der Waals surface area contributed by atoms with Crippen molar-refractivity contribution in [2.75, 3.05) is 13.2 Å². The molecule has 21 heavy (non-hydrogen) atoms. The van der Waals surface area contributed by atoms with E-state index in [0.29, 0.717) is 11.1 Å². The van der Waals surface area contributed by atoms with Crippen molar-refractivity contribution in [3.63, 3.8) is 0 Å². The zero-order valence-electron chi connectivity index (χ0n) is 10.8. The van der Waals surface area contributed by atoms with Gasteiger partial charge in [-0.25, -0.2) is 4.39 Å². The standard InChI is InChI=1S/C15H12F4O2/c16-13-7-11(8-14(9-13)21-6-5-20)10-1-3-12(4-2-10)15(17,18)19/h1-4,7-9,20H,5-6H2. The number of aliphatic hydroxyl groups is 1. The third-order valence-corrected chi connectivity index (χ3v) is 2.78. The van der Waals surface area contributed by atoms with Crippen molar-refractivity contribution in [3.8, 4) is 16.9 Å². The Kier molecular flexibility index (Phi) is 4.47. The van der Waals surface area contributed by atoms with Crippen LogP contribution in [0.15, 0.2) is 42.5 Å². The zero-order chi connectivity index (χ0) is 15.5. The SMILES string of the molecule is OCCOc1cc(F)cc(-c2ccc(C(F)(F)F)cc2)c1. The summed E-state index contributed by atoms with van der Waals surface area (Å²) >= 11 is 0. The molecule has 0 aliphatic rings. The molecule has 1 N–H and O–H groups in total. The van der Waals surface area contributed by atoms with Crippen molar-refractivity contribution >= 4 is 0 Å². The third-order valence-electron chi connectivity index (χ3n) is 2.78. The van der Waals surface area contributed by atoms with Crippen LogP contribution >= 0.6 is 0 Å². The van der Waals surface area contributed by atoms with Crippen molar-refractivity contribution in [2.45, 2.75) is 6.18 Å². The highest BCUT2D eigenvalue weighted by atomic mass is 19.4. The van der Waals surface area contributed by atoms with Crippen LogP contribution in [0.1, 0.15) is 5.56 Å². The van der Waals surface area contributed by atoms with E-state index in [2.05, 4.69) is 0 Å². The van der Waals surface area contributed by atoms with E-state index >= 15 is 0 Å². The van der Waals surface area contributed by atoms with Gasteiger partial charge in [-0.15, -0.1) is 0 Å². The Hall–Kier alpha value is -2.08. The quantitative estimate of drug-likeness (QED) is 0.868. The molecule has 0 heterocycles. The molecule has 0 fully saturated rings. The van der Waals surface area contributed by atoms with Gasteiger partial charge in [-0.3, -0.25) is 0 Å². The molecule has 0 saturated heterocycles. The molecule has 112 valence electrons. The predicted molar refractivity (Wildman–Crippen MR) is 69.4 cm³/mol. The van der Waals surface area contributed by atoms with E-state index in [1.807, 2.05) is 0 Å². The number of ether oxygens (including phenoxy) is 1. The summed E-state index contributed by atoms with van der Waals surface area (Å²) in [6.45, 7) is -0.206. The van der Waals surface area contributed by atoms with Crippen LogP contribution < -0.4 is 4.74 Å². The van der Waals surface area contributed by atoms with Gasteiger partial charge >= 0.3 is 6.18 Å². The lowest BCUT2D eigenvalue weighted by Gasteiger charge is -2.10. The number of hydrogen-bond donors (Lipinski definition) is 1. The van der Waals surface area contributed by atoms with Gasteiger partial charge in [-0.2, -0.15) is 13.2 Å². The van der Waals surface area contributed by atoms with Gasteiger partial charge in [0.15, 0.2) is 0 Å². The number of halogens is 4. The molecule has 6 heteroatoms. The molecule has 0 aliphatic heterocycles. The Morgan fingerprint density at radius 1 is 0.952 bits per heavy atom. The molecule has 0 atom stereocenters. The van der Waals surface area contributed by atoms with Crippen LogP contribution in [0.5, 0.6) is 5.75 Å². The minimum Gasteiger partial charge on any atom is -0.491 e. The average molecular weight is 300 g/mol. The lowest BCUT2D eigenvalue weighted by molar-refractivity contribution is -0.137. The first-order chi connectivity index (χ1) is 9.90. The molecule has 0 spiro atoms. The smallest absolute Gasteiger partial charge is 0.416 e. The molecule has 2 nitrogen and oxygen atoms in total. The van der Waals surface area contributed by atoms with Gasteiger partial charge < -0.3 is 9.84 Å². The highest BCUT2D eigenvalue weighted by molar-refractivity contribution is 5.65. The first-order valence-corrected chi connectivity index (χ1v) is 6.12. The molecule has 2 rings (SSSR count). The summed E-state index contributed by atoms with van der Waals surface area (Å²) < 4.78 is 56.1. The number of rotatable bonds is 4. The minimum atomic E-state index is -4.41. The Morgan fingerprint density at radius 2 is 1.62 bits per heavy atom. The van der Waals surface area contributed by atoms with E-state index in [1.54, 1.807) is 0 Å². The summed E-state index contributed by atoms with van der Waals surface area (Å²) in [5.41, 5.74) is 0.0763. The topological polar surface area (TPSA) is 29.5 Å². The van der Waals surface area contributed by atoms with E-state index in [0.717, 1.165) is 18.2 Å². The second kappa shape index (κ2) is 6.13. The van der Waals surface area contributed by atoms with Crippen LogP contribution in [0, 0.1) is 5.82 Å². The fourth-order valence-electron chi connectivity index (χ4n) is 1.83. The van der Waals surface area contributed by atoms with Crippen LogP contribution in [0.4, 0.5) is 17.6 Å². The monoisotopic (exact) mass is 300 g/mol. The molecular formula is C15H12F4O2. The lowest BCUT2D eigenvalue weighted by atomic mass is 10.0. The van der Waals surface area contributed by atoms with Crippen LogP contribution in [0.3, 0.4) is 0 Å². The normalized spacial score (nSPS) is 11.5. The summed E-state index contributed by atoms with van der Waals surface area (Å²) in [5.74, 6) is -0.362. The average Bonchev–Trinajstić information content (AvgIpc) is 2.44. The summed E-state index contributed by atoms with van der Waals surface area (Å²) in [5, 5.41) is 8.66. The van der Waals surface area contributed by atoms with Crippen molar-refractivity contribution < 1.29 is 27.4 Å². The van der Waals surface area contributed by atoms with Crippen molar-refractivity contribution in [1.29, 1.82) is 0 Å². The summed E-state index contributed by atoms with van der Waals surface area (Å²) in [7, 11) is 0. The fraction of sp³-hybridized carbons (Fsp3) is 0.200. The molecule has 0 radical (unpaired) electrons. The maximum absolute atomic E-state index is 13.5. The summed E-state index contributed by atoms with van der Waals surface area (Å²) in [4.78, 5) is 0. The molecule has 2 aromatic carbocycles. The summed E-state index contributed by atoms with van der Waals surface area (Å²) in [6, 6.07) is 8.27. The number of hydrogen-bond acceptors (Lipinski definition) is 2. The van der Waals surface area contributed by atoms with Gasteiger partial charge in [-0.05, 0) is 35.4 Å². The van der Waals surface area contributed by atoms with E-state index in [9.17, 15) is 17.6 Å². The molecule has 0 unspecified atom stereocenters. The second-order valence-electron chi connectivity index (χ2n) is 4.32. The van der Waals surface area contributed by atoms with E-state index in [4.69, 9.17) is 9.84 Å². The highest BCUT2D eigenvalue weighted by Crippen LogP contribution is 2.32. The van der Waals surface area contributed by atoms with Gasteiger partial charge in [0.1, 0.15) is 18.2 Å². The van der Waals surface area contributed by atoms with Gasteiger partial charge in [0.05, 0.1) is 12.2 Å². The van der Waals surface area contributed by atoms with Gasteiger partial charge in [0.25, 0.3) is 0 Å². The molecule has 2 aromatic rings. The Labute approximate surface area is 118 Å². The maximum Gasteiger partial charge on any atom is 0.416 e. The largest absolute Gasteiger partial charge is 0.491 e. The third kappa shape index (κ3) is 3.95. The minimum absolute atomic E-state index is 0.00983. The first-order valence-electron chi connectivity index (χ1n) is 6.12. The molecule has 0 saturated carbocycles. The Balaban J connectivity index is 2.31. The van der Waals surface area contributed by atoms with Gasteiger partial charge in [0.2, 0.25) is 0 Å². The zero-order valence-corrected chi connectivity index (χ0v) is 10.8. The molecular weight excluding hydrogens is 288 g/mol. The van der Waals surface area contributed by atoms with Crippen molar-refractivity contribution in [2.24, 2.45) is 0 Å². The summed E-state index contributed by atoms with van der Waals surface area (Å²) in [6.07, 6.45) is -4.41. The van der Waals surface area contributed by atoms with Gasteiger partial charge in [-0.1, -0.05) is 12.1 Å². The number of alkyl halides is 3. The molecule has 0 aliphatic carbocycles. The van der Waals surface area contributed by atoms with Crippen molar-refractivity contribution in [1.82, 2.24) is 0 Å². The maximum atomic E-state index is 13.5. The van der Waals surface area contributed by atoms with Crippen LogP contribution in [-0.2, 0) is 6.18 Å². The van der Waals surface area contributed by atoms with Gasteiger partial charge in [0, 0.05) is 6.07 Å². The highest BCUT2D eigenvalue weighted by Gasteiger charge is 2.29. The van der Waals surface area contributed by atoms with Crippen LogP contribution in [0.25, 0.3) is 11.1 Å². The number of benzene rings is 2. The molecule has 0 bridgehead atoms. The van der Waals surface area contributed by atoms with E-state index in [-0.39, 0.29) is 19.0 Å². The van der Waals surface area contributed by atoms with Crippen LogP contribution in [-0.4, -0.2) is 18.3 Å². The Bertz CT molecular complexity index is 606. The number of aliphatic hydroxyl groups excluding tert-OH is 1. The second-order valence-corrected chi connectivity index (χ2v) is 4.32. The Morgan fingerprint density at radius 3 is 2.19 bits per heavy atom. The van der Waals surface area contributed by atoms with E-state index in [1.165, 1.54) is 24.3 Å². The van der Waals surface area contributed by atoms with E-state index < -0.39 is 17.6 Å². The lowest BCUT2D eigenvalue weighted by Crippen LogP contribution is -2.04. The first kappa shape index (κ1) is 15.3. The van der Waals surface area contributed by atoms with Crippen molar-refractivity contribution in [3.05, 3.63) is 53.8 Å². The van der Waals surface area contributed by atoms with Crippen LogP contribution in [0.2, 0.25) is 0 Å². The fourth-order valence-corrected chi connectivity index (χ4v) is 1.83.